The van der Waals surface area contributed by atoms with Gasteiger partial charge in [0.05, 0.1) is 0 Å². The van der Waals surface area contributed by atoms with E-state index in [1.165, 1.54) is 4.90 Å². The Hall–Kier alpha value is -2.81. The van der Waals surface area contributed by atoms with Gasteiger partial charge in [0.15, 0.2) is 0 Å². The van der Waals surface area contributed by atoms with Crippen LogP contribution in [0.3, 0.4) is 0 Å². The van der Waals surface area contributed by atoms with E-state index < -0.39 is 11.6 Å². The summed E-state index contributed by atoms with van der Waals surface area (Å²) < 4.78 is 5.56. The van der Waals surface area contributed by atoms with E-state index >= 15 is 0 Å². The molecule has 1 amide bonds. The van der Waals surface area contributed by atoms with E-state index in [-0.39, 0.29) is 5.41 Å². The molecule has 6 heteroatoms. The average Bonchev–Trinajstić information content (AvgIpc) is 3.07. The molecule has 1 saturated heterocycles. The second kappa shape index (κ2) is 7.67. The highest BCUT2D eigenvalue weighted by molar-refractivity contribution is 5.68. The number of hydrogen-bond donors (Lipinski definition) is 1. The first-order valence-electron chi connectivity index (χ1n) is 9.73. The topological polar surface area (TPSA) is 79.5 Å². The molecule has 0 aliphatic carbocycles. The third kappa shape index (κ3) is 3.49. The lowest BCUT2D eigenvalue weighted by Crippen LogP contribution is -2.65. The van der Waals surface area contributed by atoms with Crippen LogP contribution in [0.2, 0.25) is 0 Å². The summed E-state index contributed by atoms with van der Waals surface area (Å²) in [6, 6.07) is 7.71. The van der Waals surface area contributed by atoms with Gasteiger partial charge in [0.1, 0.15) is 5.54 Å². The largest absolute Gasteiger partial charge is 0.465 e. The summed E-state index contributed by atoms with van der Waals surface area (Å²) in [6.07, 6.45) is 2.85. The quantitative estimate of drug-likeness (QED) is 0.602. The van der Waals surface area contributed by atoms with Gasteiger partial charge in [0.2, 0.25) is 5.82 Å². The van der Waals surface area contributed by atoms with Crippen LogP contribution < -0.4 is 0 Å². The van der Waals surface area contributed by atoms with Crippen molar-refractivity contribution in [3.8, 4) is 23.2 Å². The molecule has 1 unspecified atom stereocenters. The zero-order valence-electron chi connectivity index (χ0n) is 17.0. The summed E-state index contributed by atoms with van der Waals surface area (Å²) in [7, 11) is 0. The number of amides is 1. The zero-order valence-corrected chi connectivity index (χ0v) is 17.0. The van der Waals surface area contributed by atoms with E-state index in [2.05, 4.69) is 28.9 Å². The Morgan fingerprint density at radius 3 is 2.57 bits per heavy atom. The molecule has 28 heavy (non-hydrogen) atoms. The fraction of sp³-hybridized carbons (Fsp3) is 0.500. The van der Waals surface area contributed by atoms with Crippen LogP contribution in [0.4, 0.5) is 4.79 Å². The van der Waals surface area contributed by atoms with Crippen LogP contribution >= 0.6 is 0 Å². The van der Waals surface area contributed by atoms with Crippen molar-refractivity contribution in [3.05, 3.63) is 35.7 Å². The minimum atomic E-state index is -0.966. The summed E-state index contributed by atoms with van der Waals surface area (Å²) >= 11 is 0. The molecule has 1 fully saturated rings. The number of nitrogens with zero attached hydrogens (tertiary/aromatic N) is 3. The first-order chi connectivity index (χ1) is 13.3. The van der Waals surface area contributed by atoms with E-state index in [9.17, 15) is 9.90 Å². The monoisotopic (exact) mass is 381 g/mol. The molecular formula is C22H27N3O3. The maximum absolute atomic E-state index is 11.7. The summed E-state index contributed by atoms with van der Waals surface area (Å²) in [5.41, 5.74) is 0.602. The molecule has 3 rings (SSSR count). The Bertz CT molecular complexity index is 900. The fourth-order valence-electron chi connectivity index (χ4n) is 3.67. The average molecular weight is 381 g/mol. The van der Waals surface area contributed by atoms with Gasteiger partial charge in [-0.1, -0.05) is 51.1 Å². The second-order valence-electron chi connectivity index (χ2n) is 8.20. The molecule has 1 atom stereocenters. The summed E-state index contributed by atoms with van der Waals surface area (Å²) in [5.74, 6) is 7.14. The highest BCUT2D eigenvalue weighted by atomic mass is 16.5. The SMILES string of the molecule is CCCCC#Cc1ccc(-c2noc(C3(C(C)(C)C)CCN3C(=O)O)n2)cc1. The number of carbonyl (C=O) groups is 1. The van der Waals surface area contributed by atoms with Gasteiger partial charge in [0, 0.05) is 24.1 Å². The fourth-order valence-corrected chi connectivity index (χ4v) is 3.67. The summed E-state index contributed by atoms with van der Waals surface area (Å²) in [5, 5.41) is 13.7. The number of carboxylic acid groups (broad SMARTS) is 1. The van der Waals surface area contributed by atoms with Gasteiger partial charge in [-0.3, -0.25) is 4.90 Å². The maximum Gasteiger partial charge on any atom is 0.408 e. The predicted octanol–water partition coefficient (Wildman–Crippen LogP) is 4.90. The Kier molecular flexibility index (Phi) is 5.46. The Labute approximate surface area is 165 Å². The second-order valence-corrected chi connectivity index (χ2v) is 8.20. The lowest BCUT2D eigenvalue weighted by atomic mass is 9.65. The van der Waals surface area contributed by atoms with Gasteiger partial charge in [-0.05, 0) is 42.5 Å². The van der Waals surface area contributed by atoms with Crippen LogP contribution in [-0.2, 0) is 5.54 Å². The number of unbranched alkanes of at least 4 members (excludes halogenated alkanes) is 2. The minimum absolute atomic E-state index is 0.354. The highest BCUT2D eigenvalue weighted by Gasteiger charge is 2.60. The number of hydrogen-bond acceptors (Lipinski definition) is 4. The molecule has 6 nitrogen and oxygen atoms in total. The number of likely N-dealkylation sites (tertiary alicyclic amines) is 1. The van der Waals surface area contributed by atoms with E-state index in [0.29, 0.717) is 24.7 Å². The van der Waals surface area contributed by atoms with Crippen LogP contribution in [0.1, 0.15) is 64.8 Å². The van der Waals surface area contributed by atoms with Crippen molar-refractivity contribution >= 4 is 6.09 Å². The van der Waals surface area contributed by atoms with Crippen molar-refractivity contribution in [2.75, 3.05) is 6.54 Å². The predicted molar refractivity (Wildman–Crippen MR) is 107 cm³/mol. The smallest absolute Gasteiger partial charge is 0.408 e. The molecule has 2 heterocycles. The van der Waals surface area contributed by atoms with Crippen LogP contribution in [0.25, 0.3) is 11.4 Å². The lowest BCUT2D eigenvalue weighted by molar-refractivity contribution is -0.0969. The van der Waals surface area contributed by atoms with Crippen LogP contribution in [0, 0.1) is 17.3 Å². The third-order valence-corrected chi connectivity index (χ3v) is 5.44. The molecule has 0 saturated carbocycles. The van der Waals surface area contributed by atoms with Crippen LogP contribution in [0.15, 0.2) is 28.8 Å². The van der Waals surface area contributed by atoms with Crippen molar-refractivity contribution in [3.63, 3.8) is 0 Å². The zero-order chi connectivity index (χ0) is 20.4. The van der Waals surface area contributed by atoms with Crippen molar-refractivity contribution in [1.29, 1.82) is 0 Å². The number of rotatable bonds is 4. The van der Waals surface area contributed by atoms with E-state index in [1.54, 1.807) is 0 Å². The molecule has 1 aromatic carbocycles. The molecule has 1 aliphatic rings. The van der Waals surface area contributed by atoms with E-state index in [1.807, 2.05) is 45.0 Å². The molecule has 1 N–H and O–H groups in total. The van der Waals surface area contributed by atoms with Crippen molar-refractivity contribution in [1.82, 2.24) is 15.0 Å². The highest BCUT2D eigenvalue weighted by Crippen LogP contribution is 2.52. The lowest BCUT2D eigenvalue weighted by Gasteiger charge is -2.55. The number of aromatic nitrogens is 2. The summed E-state index contributed by atoms with van der Waals surface area (Å²) in [4.78, 5) is 17.7. The van der Waals surface area contributed by atoms with Gasteiger partial charge >= 0.3 is 6.09 Å². The van der Waals surface area contributed by atoms with Gasteiger partial charge in [-0.2, -0.15) is 4.98 Å². The molecule has 148 valence electrons. The third-order valence-electron chi connectivity index (χ3n) is 5.44. The molecule has 0 bridgehead atoms. The first-order valence-corrected chi connectivity index (χ1v) is 9.73. The molecule has 2 aromatic rings. The molecule has 0 spiro atoms. The Morgan fingerprint density at radius 1 is 1.32 bits per heavy atom. The Morgan fingerprint density at radius 2 is 2.04 bits per heavy atom. The van der Waals surface area contributed by atoms with Crippen molar-refractivity contribution < 1.29 is 14.4 Å². The first kappa shape index (κ1) is 19.9. The van der Waals surface area contributed by atoms with E-state index in [0.717, 1.165) is 30.4 Å². The van der Waals surface area contributed by atoms with Crippen molar-refractivity contribution in [2.24, 2.45) is 5.41 Å². The molecule has 1 aromatic heterocycles. The standard InChI is InChI=1S/C22H27N3O3/c1-5-6-7-8-9-16-10-12-17(13-11-16)18-23-19(28-24-18)22(21(2,3)4)14-15-25(22)20(26)27/h10-13H,5-7,14-15H2,1-4H3,(H,26,27). The van der Waals surface area contributed by atoms with Gasteiger partial charge < -0.3 is 9.63 Å². The van der Waals surface area contributed by atoms with E-state index in [4.69, 9.17) is 4.52 Å². The molecule has 0 radical (unpaired) electrons. The minimum Gasteiger partial charge on any atom is -0.465 e. The van der Waals surface area contributed by atoms with Crippen LogP contribution in [0.5, 0.6) is 0 Å². The Balaban J connectivity index is 1.85. The van der Waals surface area contributed by atoms with Crippen molar-refractivity contribution in [2.45, 2.75) is 58.9 Å². The number of benzene rings is 1. The normalized spacial score (nSPS) is 18.9. The van der Waals surface area contributed by atoms with Gasteiger partial charge in [-0.25, -0.2) is 4.79 Å². The van der Waals surface area contributed by atoms with Gasteiger partial charge in [-0.15, -0.1) is 0 Å². The van der Waals surface area contributed by atoms with Crippen LogP contribution in [-0.4, -0.2) is 32.8 Å². The maximum atomic E-state index is 11.7. The molecule has 1 aliphatic heterocycles. The van der Waals surface area contributed by atoms with Gasteiger partial charge in [0.25, 0.3) is 5.89 Å². The molecular weight excluding hydrogens is 354 g/mol. The summed E-state index contributed by atoms with van der Waals surface area (Å²) in [6.45, 7) is 8.61.